The number of carbonyl (C=O) groups is 1. The minimum atomic E-state index is -0.778. The van der Waals surface area contributed by atoms with Crippen molar-refractivity contribution in [3.05, 3.63) is 59.3 Å². The molecule has 2 aromatic rings. The lowest BCUT2D eigenvalue weighted by Crippen LogP contribution is -2.57. The fourth-order valence-corrected chi connectivity index (χ4v) is 5.47. The molecule has 41 heavy (non-hydrogen) atoms. The van der Waals surface area contributed by atoms with Crippen LogP contribution < -0.4 is 10.6 Å². The maximum atomic E-state index is 13.8. The van der Waals surface area contributed by atoms with E-state index in [2.05, 4.69) is 24.8 Å². The summed E-state index contributed by atoms with van der Waals surface area (Å²) in [6, 6.07) is 4.09. The van der Waals surface area contributed by atoms with Crippen LogP contribution in [0, 0.1) is 11.2 Å². The maximum absolute atomic E-state index is 13.8. The molecule has 1 atom stereocenters. The number of halogens is 1. The van der Waals surface area contributed by atoms with Crippen LogP contribution in [-0.4, -0.2) is 93.4 Å². The first-order valence-electron chi connectivity index (χ1n) is 13.9. The number of piperidine rings is 1. The number of benzene rings is 1. The number of para-hydroxylation sites is 1. The molecular formula is C29H37FN8O3. The summed E-state index contributed by atoms with van der Waals surface area (Å²) in [5.74, 6) is -0.0922. The molecule has 0 aliphatic carbocycles. The van der Waals surface area contributed by atoms with Gasteiger partial charge in [-0.2, -0.15) is 0 Å². The number of fused-ring (bicyclic) bond motifs is 1. The highest BCUT2D eigenvalue weighted by Crippen LogP contribution is 2.30. The van der Waals surface area contributed by atoms with E-state index < -0.39 is 17.2 Å². The quantitative estimate of drug-likeness (QED) is 0.480. The van der Waals surface area contributed by atoms with Gasteiger partial charge in [0.2, 0.25) is 5.95 Å². The van der Waals surface area contributed by atoms with Crippen LogP contribution >= 0.6 is 0 Å². The lowest BCUT2D eigenvalue weighted by Gasteiger charge is -2.45. The number of nitrogens with zero attached hydrogens (tertiary/aromatic N) is 6. The lowest BCUT2D eigenvalue weighted by molar-refractivity contribution is 0.0204. The van der Waals surface area contributed by atoms with Crippen molar-refractivity contribution < 1.29 is 19.0 Å². The Morgan fingerprint density at radius 2 is 1.88 bits per heavy atom. The van der Waals surface area contributed by atoms with E-state index in [9.17, 15) is 14.3 Å². The predicted molar refractivity (Wildman–Crippen MR) is 154 cm³/mol. The minimum Gasteiger partial charge on any atom is -0.504 e. The third-order valence-electron chi connectivity index (χ3n) is 7.64. The second-order valence-electron chi connectivity index (χ2n) is 11.7. The monoisotopic (exact) mass is 564 g/mol. The molecule has 4 N–H and O–H groups in total. The molecule has 11 nitrogen and oxygen atoms in total. The van der Waals surface area contributed by atoms with E-state index >= 15 is 0 Å². The molecule has 218 valence electrons. The van der Waals surface area contributed by atoms with Crippen molar-refractivity contribution in [3.8, 4) is 5.75 Å². The number of amidine groups is 1. The number of rotatable bonds is 4. The summed E-state index contributed by atoms with van der Waals surface area (Å²) in [7, 11) is 0. The first-order chi connectivity index (χ1) is 19.5. The molecule has 5 rings (SSSR count). The van der Waals surface area contributed by atoms with Gasteiger partial charge < -0.3 is 35.7 Å². The Morgan fingerprint density at radius 3 is 2.56 bits per heavy atom. The largest absolute Gasteiger partial charge is 0.504 e. The number of hydrogen-bond donors (Lipinski definition) is 3. The van der Waals surface area contributed by atoms with E-state index in [-0.39, 0.29) is 29.3 Å². The molecule has 1 amide bonds. The molecule has 0 bridgehead atoms. The number of nitrogens with two attached hydrogens (primary N) is 1. The van der Waals surface area contributed by atoms with E-state index in [1.165, 1.54) is 18.2 Å². The number of phenols is 1. The Kier molecular flexibility index (Phi) is 7.83. The summed E-state index contributed by atoms with van der Waals surface area (Å²) in [6.45, 7) is 9.27. The molecule has 0 radical (unpaired) electrons. The number of anilines is 1. The summed E-state index contributed by atoms with van der Waals surface area (Å²) in [6.07, 6.45) is 6.71. The van der Waals surface area contributed by atoms with Gasteiger partial charge in [-0.15, -0.1) is 0 Å². The zero-order chi connectivity index (χ0) is 29.3. The van der Waals surface area contributed by atoms with Crippen molar-refractivity contribution in [2.24, 2.45) is 10.7 Å². The van der Waals surface area contributed by atoms with Gasteiger partial charge in [-0.1, -0.05) is 6.07 Å². The van der Waals surface area contributed by atoms with Gasteiger partial charge in [0.25, 0.3) is 0 Å². The number of ether oxygens (including phenoxy) is 1. The van der Waals surface area contributed by atoms with Crippen molar-refractivity contribution in [1.29, 1.82) is 5.41 Å². The third kappa shape index (κ3) is 6.26. The number of allylic oxidation sites excluding steroid dienone is 1. The summed E-state index contributed by atoms with van der Waals surface area (Å²) in [5.41, 5.74) is 7.40. The fraction of sp³-hybridized carbons (Fsp3) is 0.483. The zero-order valence-corrected chi connectivity index (χ0v) is 23.7. The molecule has 1 aromatic heterocycles. The zero-order valence-electron chi connectivity index (χ0n) is 23.7. The molecular weight excluding hydrogens is 527 g/mol. The highest BCUT2D eigenvalue weighted by atomic mass is 19.1. The molecule has 1 aromatic carbocycles. The van der Waals surface area contributed by atoms with Crippen LogP contribution in [0.5, 0.6) is 5.75 Å². The molecule has 3 aliphatic rings. The fourth-order valence-electron chi connectivity index (χ4n) is 5.47. The van der Waals surface area contributed by atoms with Crippen LogP contribution in [0.3, 0.4) is 0 Å². The normalized spacial score (nSPS) is 21.0. The Morgan fingerprint density at radius 1 is 1.17 bits per heavy atom. The third-order valence-corrected chi connectivity index (χ3v) is 7.64. The van der Waals surface area contributed by atoms with Crippen molar-refractivity contribution in [1.82, 2.24) is 19.8 Å². The Hall–Kier alpha value is -4.22. The first kappa shape index (κ1) is 28.3. The van der Waals surface area contributed by atoms with Crippen LogP contribution in [0.15, 0.2) is 47.4 Å². The topological polar surface area (TPSA) is 144 Å². The molecule has 12 heteroatoms. The number of phenolic OH excluding ortho intramolecular Hbond substituents is 1. The number of carbonyl (C=O) groups excluding carboxylic acids is 1. The van der Waals surface area contributed by atoms with E-state index in [1.807, 2.05) is 33.2 Å². The van der Waals surface area contributed by atoms with Gasteiger partial charge in [0.05, 0.1) is 24.0 Å². The van der Waals surface area contributed by atoms with Crippen LogP contribution in [0.4, 0.5) is 15.1 Å². The van der Waals surface area contributed by atoms with E-state index in [0.29, 0.717) is 56.7 Å². The SMILES string of the molecule is CC(C)(C)OC(=O)N1CCC(c2cnc(N3CCN4/C(=C/C(=N)c5cccc(F)c5O)C(N)=NCC4C3)nc2)CC1. The highest BCUT2D eigenvalue weighted by Gasteiger charge is 2.34. The molecule has 0 spiro atoms. The van der Waals surface area contributed by atoms with Crippen LogP contribution in [0.2, 0.25) is 0 Å². The van der Waals surface area contributed by atoms with E-state index in [0.717, 1.165) is 24.5 Å². The molecule has 0 saturated carbocycles. The molecule has 2 saturated heterocycles. The summed E-state index contributed by atoms with van der Waals surface area (Å²) >= 11 is 0. The lowest BCUT2D eigenvalue weighted by atomic mass is 9.91. The van der Waals surface area contributed by atoms with Gasteiger partial charge in [-0.25, -0.2) is 19.2 Å². The van der Waals surface area contributed by atoms with E-state index in [1.54, 1.807) is 4.90 Å². The number of aromatic nitrogens is 2. The van der Waals surface area contributed by atoms with Gasteiger partial charge in [0.15, 0.2) is 11.6 Å². The number of aromatic hydroxyl groups is 1. The molecule has 2 fully saturated rings. The van der Waals surface area contributed by atoms with Crippen LogP contribution in [0.25, 0.3) is 0 Å². The maximum Gasteiger partial charge on any atom is 0.410 e. The van der Waals surface area contributed by atoms with Gasteiger partial charge in [0.1, 0.15) is 11.4 Å². The summed E-state index contributed by atoms with van der Waals surface area (Å²) in [5, 5.41) is 18.5. The van der Waals surface area contributed by atoms with Crippen molar-refractivity contribution in [3.63, 3.8) is 0 Å². The Labute approximate surface area is 239 Å². The van der Waals surface area contributed by atoms with Crippen molar-refractivity contribution >= 4 is 23.6 Å². The number of piperazine rings is 1. The van der Waals surface area contributed by atoms with Crippen LogP contribution in [-0.2, 0) is 4.74 Å². The predicted octanol–water partition coefficient (Wildman–Crippen LogP) is 3.25. The van der Waals surface area contributed by atoms with Gasteiger partial charge in [-0.3, -0.25) is 4.99 Å². The first-order valence-corrected chi connectivity index (χ1v) is 13.9. The smallest absolute Gasteiger partial charge is 0.410 e. The van der Waals surface area contributed by atoms with Gasteiger partial charge in [0, 0.05) is 50.7 Å². The van der Waals surface area contributed by atoms with Crippen LogP contribution in [0.1, 0.15) is 50.7 Å². The average Bonchev–Trinajstić information content (AvgIpc) is 2.95. The number of hydrogen-bond acceptors (Lipinski definition) is 10. The molecule has 1 unspecified atom stereocenters. The highest BCUT2D eigenvalue weighted by molar-refractivity contribution is 6.13. The van der Waals surface area contributed by atoms with Crippen molar-refractivity contribution in [2.75, 3.05) is 44.2 Å². The van der Waals surface area contributed by atoms with Gasteiger partial charge >= 0.3 is 6.09 Å². The number of amides is 1. The number of likely N-dealkylation sites (tertiary alicyclic amines) is 1. The summed E-state index contributed by atoms with van der Waals surface area (Å²) < 4.78 is 19.3. The summed E-state index contributed by atoms with van der Waals surface area (Å²) in [4.78, 5) is 32.2. The number of aliphatic imine (C=N–C) groups is 1. The second-order valence-corrected chi connectivity index (χ2v) is 11.7. The Bertz CT molecular complexity index is 1360. The minimum absolute atomic E-state index is 0.00309. The average molecular weight is 565 g/mol. The van der Waals surface area contributed by atoms with Crippen molar-refractivity contribution in [2.45, 2.75) is 51.2 Å². The van der Waals surface area contributed by atoms with E-state index in [4.69, 9.17) is 15.9 Å². The standard InChI is InChI=1S/C29H37FN8O3/c1-29(2,3)41-28(40)36-9-7-18(8-10-36)19-14-34-27(35-15-19)37-11-12-38-20(17-37)16-33-26(32)24(38)13-23(31)21-5-4-6-22(30)25(21)39/h4-6,13-15,18,20,31,39H,7-12,16-17H2,1-3H3,(H2,32,33)/b24-13+,31-23?. The van der Waals surface area contributed by atoms with Gasteiger partial charge in [-0.05, 0) is 63.3 Å². The number of nitrogens with one attached hydrogen (secondary N) is 1. The molecule has 3 aliphatic heterocycles. The second kappa shape index (κ2) is 11.3. The Balaban J connectivity index is 1.21. The molecule has 4 heterocycles.